The van der Waals surface area contributed by atoms with Crippen LogP contribution in [0.5, 0.6) is 0 Å². The molecule has 18 heavy (non-hydrogen) atoms. The summed E-state index contributed by atoms with van der Waals surface area (Å²) in [5, 5.41) is 15.9. The number of hydrogen-bond donors (Lipinski definition) is 1. The van der Waals surface area contributed by atoms with E-state index in [1.807, 2.05) is 30.3 Å². The van der Waals surface area contributed by atoms with Crippen LogP contribution in [0.3, 0.4) is 0 Å². The third-order valence-electron chi connectivity index (χ3n) is 2.84. The van der Waals surface area contributed by atoms with E-state index >= 15 is 0 Å². The number of nitrogens with zero attached hydrogens (tertiary/aromatic N) is 4. The second kappa shape index (κ2) is 6.26. The highest BCUT2D eigenvalue weighted by atomic mass is 15.6. The van der Waals surface area contributed by atoms with Crippen LogP contribution < -0.4 is 5.32 Å². The van der Waals surface area contributed by atoms with Crippen molar-refractivity contribution in [1.29, 1.82) is 0 Å². The molecule has 2 rings (SSSR count). The van der Waals surface area contributed by atoms with Gasteiger partial charge in [-0.25, -0.2) is 0 Å². The van der Waals surface area contributed by atoms with Crippen LogP contribution in [0.1, 0.15) is 26.3 Å². The van der Waals surface area contributed by atoms with Gasteiger partial charge in [-0.15, -0.1) is 10.2 Å². The minimum absolute atomic E-state index is 0.258. The summed E-state index contributed by atoms with van der Waals surface area (Å²) >= 11 is 0. The summed E-state index contributed by atoms with van der Waals surface area (Å²) in [4.78, 5) is 1.69. The van der Waals surface area contributed by atoms with Gasteiger partial charge in [0, 0.05) is 5.56 Å². The Bertz CT molecular complexity index is 465. The molecular formula is C13H19N5. The van der Waals surface area contributed by atoms with Gasteiger partial charge >= 0.3 is 0 Å². The lowest BCUT2D eigenvalue weighted by Crippen LogP contribution is -2.19. The lowest BCUT2D eigenvalue weighted by molar-refractivity contribution is 0.394. The van der Waals surface area contributed by atoms with Gasteiger partial charge in [0.15, 0.2) is 0 Å². The highest BCUT2D eigenvalue weighted by Gasteiger charge is 2.10. The molecule has 0 fully saturated rings. The van der Waals surface area contributed by atoms with Gasteiger partial charge in [-0.1, -0.05) is 37.3 Å². The van der Waals surface area contributed by atoms with Crippen molar-refractivity contribution in [2.24, 2.45) is 0 Å². The van der Waals surface area contributed by atoms with Crippen molar-refractivity contribution in [2.45, 2.75) is 26.3 Å². The molecule has 0 aliphatic rings. The molecule has 0 aliphatic heterocycles. The first-order valence-electron chi connectivity index (χ1n) is 6.37. The fraction of sp³-hybridized carbons (Fsp3) is 0.462. The largest absolute Gasteiger partial charge is 0.317 e. The molecule has 1 aromatic heterocycles. The van der Waals surface area contributed by atoms with Crippen molar-refractivity contribution in [3.8, 4) is 11.4 Å². The Labute approximate surface area is 107 Å². The van der Waals surface area contributed by atoms with E-state index in [1.165, 1.54) is 0 Å². The molecule has 1 aromatic carbocycles. The van der Waals surface area contributed by atoms with E-state index in [4.69, 9.17) is 0 Å². The molecule has 0 aliphatic carbocycles. The standard InChI is InChI=1S/C13H19N5/c1-3-14-10-9-11(2)18-16-13(15-17-18)12-7-5-4-6-8-12/h4-8,11,14H,3,9-10H2,1-2H3. The topological polar surface area (TPSA) is 55.6 Å². The average Bonchev–Trinajstić information content (AvgIpc) is 2.89. The quantitative estimate of drug-likeness (QED) is 0.790. The van der Waals surface area contributed by atoms with Crippen molar-refractivity contribution in [3.63, 3.8) is 0 Å². The van der Waals surface area contributed by atoms with E-state index in [2.05, 4.69) is 34.6 Å². The number of tetrazole rings is 1. The SMILES string of the molecule is CCNCCC(C)n1nnc(-c2ccccc2)n1. The number of aromatic nitrogens is 4. The van der Waals surface area contributed by atoms with Gasteiger partial charge < -0.3 is 5.32 Å². The third kappa shape index (κ3) is 3.13. The molecule has 0 amide bonds. The highest BCUT2D eigenvalue weighted by Crippen LogP contribution is 2.14. The normalized spacial score (nSPS) is 12.6. The lowest BCUT2D eigenvalue weighted by atomic mass is 10.2. The van der Waals surface area contributed by atoms with Crippen LogP contribution in [-0.4, -0.2) is 33.3 Å². The maximum atomic E-state index is 4.43. The predicted octanol–water partition coefficient (Wildman–Crippen LogP) is 1.90. The number of rotatable bonds is 6. The Kier molecular flexibility index (Phi) is 4.41. The molecule has 96 valence electrons. The predicted molar refractivity (Wildman–Crippen MR) is 71.1 cm³/mol. The van der Waals surface area contributed by atoms with E-state index in [-0.39, 0.29) is 6.04 Å². The molecule has 1 atom stereocenters. The second-order valence-corrected chi connectivity index (χ2v) is 4.29. The Morgan fingerprint density at radius 3 is 2.78 bits per heavy atom. The third-order valence-corrected chi connectivity index (χ3v) is 2.84. The molecule has 1 N–H and O–H groups in total. The molecule has 0 saturated heterocycles. The zero-order chi connectivity index (χ0) is 12.8. The van der Waals surface area contributed by atoms with E-state index in [9.17, 15) is 0 Å². The smallest absolute Gasteiger partial charge is 0.204 e. The van der Waals surface area contributed by atoms with Crippen molar-refractivity contribution < 1.29 is 0 Å². The van der Waals surface area contributed by atoms with E-state index in [0.717, 1.165) is 25.1 Å². The second-order valence-electron chi connectivity index (χ2n) is 4.29. The van der Waals surface area contributed by atoms with Gasteiger partial charge in [0.2, 0.25) is 5.82 Å². The summed E-state index contributed by atoms with van der Waals surface area (Å²) < 4.78 is 0. The van der Waals surface area contributed by atoms with Gasteiger partial charge in [0.05, 0.1) is 6.04 Å². The Balaban J connectivity index is 2.02. The summed E-state index contributed by atoms with van der Waals surface area (Å²) in [6.45, 7) is 6.17. The van der Waals surface area contributed by atoms with Gasteiger partial charge in [-0.2, -0.15) is 4.80 Å². The van der Waals surface area contributed by atoms with Crippen molar-refractivity contribution >= 4 is 0 Å². The molecule has 0 saturated carbocycles. The van der Waals surface area contributed by atoms with E-state index in [0.29, 0.717) is 5.82 Å². The number of nitrogens with one attached hydrogen (secondary N) is 1. The van der Waals surface area contributed by atoms with Crippen LogP contribution >= 0.6 is 0 Å². The minimum atomic E-state index is 0.258. The molecule has 0 bridgehead atoms. The van der Waals surface area contributed by atoms with Gasteiger partial charge in [0.25, 0.3) is 0 Å². The maximum absolute atomic E-state index is 4.43. The zero-order valence-corrected chi connectivity index (χ0v) is 10.9. The molecule has 5 nitrogen and oxygen atoms in total. The van der Waals surface area contributed by atoms with Crippen LogP contribution in [0, 0.1) is 0 Å². The van der Waals surface area contributed by atoms with Crippen LogP contribution in [0.15, 0.2) is 30.3 Å². The number of benzene rings is 1. The van der Waals surface area contributed by atoms with Gasteiger partial charge in [0.1, 0.15) is 0 Å². The Hall–Kier alpha value is -1.75. The van der Waals surface area contributed by atoms with Crippen LogP contribution in [0.4, 0.5) is 0 Å². The average molecular weight is 245 g/mol. The summed E-state index contributed by atoms with van der Waals surface area (Å²) in [6.07, 6.45) is 0.998. The molecular weight excluding hydrogens is 226 g/mol. The maximum Gasteiger partial charge on any atom is 0.204 e. The minimum Gasteiger partial charge on any atom is -0.317 e. The fourth-order valence-corrected chi connectivity index (χ4v) is 1.72. The fourth-order valence-electron chi connectivity index (χ4n) is 1.72. The first kappa shape index (κ1) is 12.7. The van der Waals surface area contributed by atoms with Crippen molar-refractivity contribution in [1.82, 2.24) is 25.5 Å². The summed E-state index contributed by atoms with van der Waals surface area (Å²) in [5.41, 5.74) is 1.00. The van der Waals surface area contributed by atoms with Crippen LogP contribution in [0.2, 0.25) is 0 Å². The first-order chi connectivity index (χ1) is 8.81. The monoisotopic (exact) mass is 245 g/mol. The van der Waals surface area contributed by atoms with Crippen molar-refractivity contribution in [2.75, 3.05) is 13.1 Å². The zero-order valence-electron chi connectivity index (χ0n) is 10.9. The Morgan fingerprint density at radius 1 is 1.28 bits per heavy atom. The lowest BCUT2D eigenvalue weighted by Gasteiger charge is -2.09. The van der Waals surface area contributed by atoms with Crippen molar-refractivity contribution in [3.05, 3.63) is 30.3 Å². The molecule has 0 radical (unpaired) electrons. The molecule has 5 heteroatoms. The van der Waals surface area contributed by atoms with E-state index in [1.54, 1.807) is 4.80 Å². The summed E-state index contributed by atoms with van der Waals surface area (Å²) in [6, 6.07) is 10.2. The van der Waals surface area contributed by atoms with Crippen LogP contribution in [-0.2, 0) is 0 Å². The molecule has 1 unspecified atom stereocenters. The first-order valence-corrected chi connectivity index (χ1v) is 6.37. The van der Waals surface area contributed by atoms with Gasteiger partial charge in [-0.05, 0) is 31.6 Å². The summed E-state index contributed by atoms with van der Waals surface area (Å²) in [7, 11) is 0. The number of hydrogen-bond acceptors (Lipinski definition) is 4. The molecule has 2 aromatic rings. The summed E-state index contributed by atoms with van der Waals surface area (Å²) in [5.74, 6) is 0.686. The van der Waals surface area contributed by atoms with Crippen LogP contribution in [0.25, 0.3) is 11.4 Å². The van der Waals surface area contributed by atoms with Gasteiger partial charge in [-0.3, -0.25) is 0 Å². The van der Waals surface area contributed by atoms with E-state index < -0.39 is 0 Å². The molecule has 1 heterocycles. The highest BCUT2D eigenvalue weighted by molar-refractivity contribution is 5.52. The molecule has 0 spiro atoms. The Morgan fingerprint density at radius 2 is 2.06 bits per heavy atom.